The first-order chi connectivity index (χ1) is 10.6. The monoisotopic (exact) mass is 298 g/mol. The number of amides is 1. The first kappa shape index (κ1) is 15.6. The summed E-state index contributed by atoms with van der Waals surface area (Å²) < 4.78 is 5.07. The molecule has 0 bridgehead atoms. The van der Waals surface area contributed by atoms with Gasteiger partial charge in [-0.25, -0.2) is 0 Å². The topological polar surface area (TPSA) is 67.4 Å². The number of hydrogen-bond donors (Lipinski definition) is 2. The van der Waals surface area contributed by atoms with Gasteiger partial charge in [0.15, 0.2) is 5.78 Å². The maximum absolute atomic E-state index is 11.9. The Balaban J connectivity index is 1.85. The van der Waals surface area contributed by atoms with Gasteiger partial charge in [-0.2, -0.15) is 0 Å². The Morgan fingerprint density at radius 3 is 2.09 bits per heavy atom. The zero-order valence-corrected chi connectivity index (χ0v) is 12.6. The van der Waals surface area contributed by atoms with Crippen molar-refractivity contribution >= 4 is 23.1 Å². The van der Waals surface area contributed by atoms with E-state index in [1.165, 1.54) is 6.92 Å². The summed E-state index contributed by atoms with van der Waals surface area (Å²) in [5, 5.41) is 5.79. The summed E-state index contributed by atoms with van der Waals surface area (Å²) in [6, 6.07) is 14.1. The van der Waals surface area contributed by atoms with Crippen LogP contribution in [0, 0.1) is 0 Å². The Morgan fingerprint density at radius 2 is 1.55 bits per heavy atom. The van der Waals surface area contributed by atoms with Crippen LogP contribution in [0.15, 0.2) is 48.5 Å². The number of ketones is 1. The van der Waals surface area contributed by atoms with Gasteiger partial charge in [0.2, 0.25) is 5.91 Å². The molecule has 0 fully saturated rings. The van der Waals surface area contributed by atoms with Crippen molar-refractivity contribution in [3.8, 4) is 5.75 Å². The van der Waals surface area contributed by atoms with Crippen LogP contribution in [0.25, 0.3) is 0 Å². The van der Waals surface area contributed by atoms with Gasteiger partial charge in [-0.1, -0.05) is 0 Å². The van der Waals surface area contributed by atoms with Crippen molar-refractivity contribution in [2.45, 2.75) is 6.92 Å². The highest BCUT2D eigenvalue weighted by molar-refractivity contribution is 5.96. The summed E-state index contributed by atoms with van der Waals surface area (Å²) in [4.78, 5) is 23.0. The number of rotatable bonds is 6. The zero-order valence-electron chi connectivity index (χ0n) is 12.6. The molecule has 0 aliphatic carbocycles. The molecule has 5 nitrogen and oxygen atoms in total. The molecule has 0 radical (unpaired) electrons. The highest BCUT2D eigenvalue weighted by Gasteiger charge is 2.04. The number of anilines is 2. The van der Waals surface area contributed by atoms with Gasteiger partial charge in [-0.15, -0.1) is 0 Å². The van der Waals surface area contributed by atoms with Crippen LogP contribution in [-0.4, -0.2) is 25.3 Å². The Bertz CT molecular complexity index is 649. The second kappa shape index (κ2) is 7.26. The summed E-state index contributed by atoms with van der Waals surface area (Å²) in [5.41, 5.74) is 2.11. The minimum atomic E-state index is -0.161. The van der Waals surface area contributed by atoms with E-state index in [0.717, 1.165) is 11.4 Å². The molecule has 0 aliphatic heterocycles. The summed E-state index contributed by atoms with van der Waals surface area (Å²) in [5.74, 6) is 0.603. The number of hydrogen-bond acceptors (Lipinski definition) is 4. The first-order valence-corrected chi connectivity index (χ1v) is 6.87. The molecule has 5 heteroatoms. The Morgan fingerprint density at radius 1 is 0.955 bits per heavy atom. The van der Waals surface area contributed by atoms with Crippen molar-refractivity contribution in [3.63, 3.8) is 0 Å². The molecule has 2 aromatic rings. The summed E-state index contributed by atoms with van der Waals surface area (Å²) in [6.45, 7) is 1.66. The highest BCUT2D eigenvalue weighted by atomic mass is 16.5. The van der Waals surface area contributed by atoms with Crippen LogP contribution in [-0.2, 0) is 4.79 Å². The van der Waals surface area contributed by atoms with Crippen LogP contribution in [0.1, 0.15) is 17.3 Å². The van der Waals surface area contributed by atoms with Gasteiger partial charge < -0.3 is 15.4 Å². The molecular weight excluding hydrogens is 280 g/mol. The predicted octanol–water partition coefficient (Wildman–Crippen LogP) is 2.95. The third kappa shape index (κ3) is 4.34. The van der Waals surface area contributed by atoms with Gasteiger partial charge in [-0.3, -0.25) is 9.59 Å². The molecule has 2 rings (SSSR count). The number of Topliss-reactive ketones (excluding diaryl/α,β-unsaturated/α-hetero) is 1. The lowest BCUT2D eigenvalue weighted by atomic mass is 10.1. The highest BCUT2D eigenvalue weighted by Crippen LogP contribution is 2.15. The lowest BCUT2D eigenvalue weighted by Gasteiger charge is -2.08. The van der Waals surface area contributed by atoms with Gasteiger partial charge >= 0.3 is 0 Å². The second-order valence-corrected chi connectivity index (χ2v) is 4.76. The fourth-order valence-corrected chi connectivity index (χ4v) is 1.88. The summed E-state index contributed by atoms with van der Waals surface area (Å²) >= 11 is 0. The molecule has 2 aromatic carbocycles. The number of carbonyl (C=O) groups excluding carboxylic acids is 2. The van der Waals surface area contributed by atoms with Gasteiger partial charge in [0.1, 0.15) is 5.75 Å². The molecule has 0 aliphatic rings. The van der Waals surface area contributed by atoms with Gasteiger partial charge in [0.05, 0.1) is 13.7 Å². The Kier molecular flexibility index (Phi) is 5.14. The minimum absolute atomic E-state index is 0.000881. The van der Waals surface area contributed by atoms with Crippen molar-refractivity contribution in [1.29, 1.82) is 0 Å². The number of nitrogens with one attached hydrogen (secondary N) is 2. The molecule has 0 heterocycles. The Labute approximate surface area is 129 Å². The zero-order chi connectivity index (χ0) is 15.9. The van der Waals surface area contributed by atoms with E-state index in [1.54, 1.807) is 31.4 Å². The van der Waals surface area contributed by atoms with Crippen molar-refractivity contribution in [1.82, 2.24) is 0 Å². The number of carbonyl (C=O) groups is 2. The molecular formula is C17H18N2O3. The molecule has 0 atom stereocenters. The third-order valence-corrected chi connectivity index (χ3v) is 3.12. The molecule has 0 saturated carbocycles. The molecule has 114 valence electrons. The summed E-state index contributed by atoms with van der Waals surface area (Å²) in [6.07, 6.45) is 0. The fraction of sp³-hybridized carbons (Fsp3) is 0.176. The molecule has 0 spiro atoms. The van der Waals surface area contributed by atoms with Crippen molar-refractivity contribution in [2.75, 3.05) is 24.3 Å². The third-order valence-electron chi connectivity index (χ3n) is 3.12. The maximum atomic E-state index is 11.9. The average Bonchev–Trinajstić information content (AvgIpc) is 2.54. The molecule has 2 N–H and O–H groups in total. The van der Waals surface area contributed by atoms with Crippen LogP contribution in [0.3, 0.4) is 0 Å². The number of methoxy groups -OCH3 is 1. The van der Waals surface area contributed by atoms with E-state index in [2.05, 4.69) is 10.6 Å². The molecule has 0 saturated heterocycles. The van der Waals surface area contributed by atoms with E-state index in [0.29, 0.717) is 11.3 Å². The maximum Gasteiger partial charge on any atom is 0.243 e. The fourth-order valence-electron chi connectivity index (χ4n) is 1.88. The van der Waals surface area contributed by atoms with E-state index in [-0.39, 0.29) is 18.2 Å². The van der Waals surface area contributed by atoms with Crippen molar-refractivity contribution in [2.24, 2.45) is 0 Å². The van der Waals surface area contributed by atoms with E-state index >= 15 is 0 Å². The average molecular weight is 298 g/mol. The largest absolute Gasteiger partial charge is 0.497 e. The lowest BCUT2D eigenvalue weighted by molar-refractivity contribution is -0.114. The first-order valence-electron chi connectivity index (χ1n) is 6.87. The molecule has 1 amide bonds. The summed E-state index contributed by atoms with van der Waals surface area (Å²) in [7, 11) is 1.60. The van der Waals surface area contributed by atoms with E-state index < -0.39 is 0 Å². The van der Waals surface area contributed by atoms with Crippen LogP contribution >= 0.6 is 0 Å². The van der Waals surface area contributed by atoms with Crippen LogP contribution < -0.4 is 15.4 Å². The van der Waals surface area contributed by atoms with E-state index in [1.807, 2.05) is 24.3 Å². The van der Waals surface area contributed by atoms with Gasteiger partial charge in [-0.05, 0) is 55.5 Å². The van der Waals surface area contributed by atoms with E-state index in [9.17, 15) is 9.59 Å². The Hall–Kier alpha value is -2.82. The SMILES string of the molecule is COc1ccc(NCC(=O)Nc2ccc(C(C)=O)cc2)cc1. The van der Waals surface area contributed by atoms with Crippen LogP contribution in [0.2, 0.25) is 0 Å². The van der Waals surface area contributed by atoms with Crippen molar-refractivity contribution < 1.29 is 14.3 Å². The van der Waals surface area contributed by atoms with E-state index in [4.69, 9.17) is 4.74 Å². The standard InChI is InChI=1S/C17H18N2O3/c1-12(20)13-3-5-15(6-4-13)19-17(21)11-18-14-7-9-16(22-2)10-8-14/h3-10,18H,11H2,1-2H3,(H,19,21). The predicted molar refractivity (Wildman–Crippen MR) is 86.6 cm³/mol. The molecule has 22 heavy (non-hydrogen) atoms. The van der Waals surface area contributed by atoms with Gasteiger partial charge in [0.25, 0.3) is 0 Å². The lowest BCUT2D eigenvalue weighted by Crippen LogP contribution is -2.21. The van der Waals surface area contributed by atoms with Crippen LogP contribution in [0.5, 0.6) is 5.75 Å². The van der Waals surface area contributed by atoms with Gasteiger partial charge in [0, 0.05) is 16.9 Å². The molecule has 0 aromatic heterocycles. The second-order valence-electron chi connectivity index (χ2n) is 4.76. The normalized spacial score (nSPS) is 9.91. The molecule has 0 unspecified atom stereocenters. The quantitative estimate of drug-likeness (QED) is 0.805. The minimum Gasteiger partial charge on any atom is -0.497 e. The van der Waals surface area contributed by atoms with Crippen molar-refractivity contribution in [3.05, 3.63) is 54.1 Å². The van der Waals surface area contributed by atoms with Crippen LogP contribution in [0.4, 0.5) is 11.4 Å². The number of benzene rings is 2. The number of ether oxygens (including phenoxy) is 1. The smallest absolute Gasteiger partial charge is 0.243 e.